The second kappa shape index (κ2) is 8.52. The van der Waals surface area contributed by atoms with Gasteiger partial charge in [-0.15, -0.1) is 11.6 Å². The van der Waals surface area contributed by atoms with Gasteiger partial charge in [-0.25, -0.2) is 4.68 Å². The average Bonchev–Trinajstić information content (AvgIpc) is 3.53. The predicted octanol–water partition coefficient (Wildman–Crippen LogP) is 5.61. The molecule has 0 unspecified atom stereocenters. The first-order valence-corrected chi connectivity index (χ1v) is 11.5. The Morgan fingerprint density at radius 1 is 0.818 bits per heavy atom. The molecule has 158 valence electrons. The standard InChI is InChI=1S/C26H18BN3O2S/c1-2-12-26-25(11-1)32-27(33-26)21-7-3-9-23(14-21)31-24-10-4-8-22(15-24)30-18-20(17-29-30)19-6-5-13-28-16-19/h1-18H. The molecule has 0 radical (unpaired) electrons. The van der Waals surface area contributed by atoms with Crippen LogP contribution in [0.5, 0.6) is 17.2 Å². The van der Waals surface area contributed by atoms with Crippen LogP contribution in [0.2, 0.25) is 0 Å². The first kappa shape index (κ1) is 19.7. The average molecular weight is 447 g/mol. The molecule has 0 saturated carbocycles. The van der Waals surface area contributed by atoms with E-state index in [1.54, 1.807) is 17.8 Å². The Kier molecular flexibility index (Phi) is 5.09. The number of ether oxygens (including phenoxy) is 1. The Bertz CT molecular complexity index is 1400. The summed E-state index contributed by atoms with van der Waals surface area (Å²) >= 11 is 1.71. The van der Waals surface area contributed by atoms with E-state index in [0.29, 0.717) is 0 Å². The van der Waals surface area contributed by atoms with E-state index in [1.807, 2.05) is 96.1 Å². The van der Waals surface area contributed by atoms with Crippen LogP contribution in [-0.2, 0) is 0 Å². The Morgan fingerprint density at radius 2 is 1.70 bits per heavy atom. The summed E-state index contributed by atoms with van der Waals surface area (Å²) in [6.07, 6.45) is 7.35. The van der Waals surface area contributed by atoms with E-state index in [1.165, 1.54) is 0 Å². The van der Waals surface area contributed by atoms with Crippen LogP contribution in [-0.4, -0.2) is 21.0 Å². The van der Waals surface area contributed by atoms with Crippen LogP contribution in [0.4, 0.5) is 0 Å². The molecule has 5 nitrogen and oxygen atoms in total. The molecule has 0 amide bonds. The van der Waals surface area contributed by atoms with Crippen LogP contribution in [0.25, 0.3) is 16.8 Å². The number of hydrogen-bond acceptors (Lipinski definition) is 5. The van der Waals surface area contributed by atoms with Gasteiger partial charge in [0.25, 0.3) is 0 Å². The van der Waals surface area contributed by atoms with Crippen molar-refractivity contribution in [2.24, 2.45) is 0 Å². The number of para-hydroxylation sites is 1. The molecule has 3 aromatic carbocycles. The number of fused-ring (bicyclic) bond motifs is 1. The summed E-state index contributed by atoms with van der Waals surface area (Å²) in [6.45, 7) is 0. The highest BCUT2D eigenvalue weighted by Crippen LogP contribution is 2.38. The lowest BCUT2D eigenvalue weighted by molar-refractivity contribution is 0.482. The number of rotatable bonds is 5. The third kappa shape index (κ3) is 4.11. The van der Waals surface area contributed by atoms with E-state index < -0.39 is 0 Å². The maximum absolute atomic E-state index is 6.19. The van der Waals surface area contributed by atoms with Crippen LogP contribution < -0.4 is 14.9 Å². The maximum Gasteiger partial charge on any atom is 0.467 e. The molecule has 3 heterocycles. The topological polar surface area (TPSA) is 49.2 Å². The van der Waals surface area contributed by atoms with E-state index in [-0.39, 0.29) is 6.19 Å². The summed E-state index contributed by atoms with van der Waals surface area (Å²) in [5.41, 5.74) is 4.03. The van der Waals surface area contributed by atoms with Crippen molar-refractivity contribution in [1.29, 1.82) is 0 Å². The van der Waals surface area contributed by atoms with Gasteiger partial charge in [0.2, 0.25) is 0 Å². The summed E-state index contributed by atoms with van der Waals surface area (Å²) in [7, 11) is 0. The van der Waals surface area contributed by atoms with Crippen molar-refractivity contribution in [3.63, 3.8) is 0 Å². The van der Waals surface area contributed by atoms with Crippen molar-refractivity contribution in [3.05, 3.63) is 110 Å². The first-order valence-electron chi connectivity index (χ1n) is 10.6. The Hall–Kier alpha value is -3.97. The second-order valence-corrected chi connectivity index (χ2v) is 8.71. The van der Waals surface area contributed by atoms with Gasteiger partial charge >= 0.3 is 6.19 Å². The van der Waals surface area contributed by atoms with Gasteiger partial charge < -0.3 is 9.39 Å². The van der Waals surface area contributed by atoms with Gasteiger partial charge in [-0.1, -0.05) is 36.4 Å². The van der Waals surface area contributed by atoms with Gasteiger partial charge in [0.1, 0.15) is 17.2 Å². The van der Waals surface area contributed by atoms with Gasteiger partial charge in [-0.2, -0.15) is 5.10 Å². The molecule has 0 fully saturated rings. The van der Waals surface area contributed by atoms with E-state index >= 15 is 0 Å². The highest BCUT2D eigenvalue weighted by Gasteiger charge is 2.31. The fourth-order valence-electron chi connectivity index (χ4n) is 3.73. The molecule has 0 atom stereocenters. The highest BCUT2D eigenvalue weighted by atomic mass is 32.2. The van der Waals surface area contributed by atoms with E-state index in [9.17, 15) is 0 Å². The summed E-state index contributed by atoms with van der Waals surface area (Å²) in [5.74, 6) is 2.43. The smallest absolute Gasteiger partial charge is 0.467 e. The third-order valence-electron chi connectivity index (χ3n) is 5.34. The largest absolute Gasteiger partial charge is 0.546 e. The van der Waals surface area contributed by atoms with Crippen molar-refractivity contribution in [2.75, 3.05) is 0 Å². The van der Waals surface area contributed by atoms with Crippen molar-refractivity contribution in [3.8, 4) is 34.1 Å². The number of pyridine rings is 1. The van der Waals surface area contributed by atoms with Crippen LogP contribution in [0.3, 0.4) is 0 Å². The van der Waals surface area contributed by atoms with Gasteiger partial charge in [0.15, 0.2) is 0 Å². The molecule has 6 rings (SSSR count). The van der Waals surface area contributed by atoms with Crippen LogP contribution in [0.15, 0.2) is 115 Å². The molecule has 33 heavy (non-hydrogen) atoms. The number of nitrogens with zero attached hydrogens (tertiary/aromatic N) is 3. The van der Waals surface area contributed by atoms with Crippen molar-refractivity contribution >= 4 is 23.3 Å². The normalized spacial score (nSPS) is 12.3. The second-order valence-electron chi connectivity index (χ2n) is 7.60. The fourth-order valence-corrected chi connectivity index (χ4v) is 4.79. The molecule has 1 aliphatic heterocycles. The lowest BCUT2D eigenvalue weighted by atomic mass is 9.86. The minimum absolute atomic E-state index is 0.0766. The monoisotopic (exact) mass is 447 g/mol. The summed E-state index contributed by atoms with van der Waals surface area (Å²) in [4.78, 5) is 5.34. The molecule has 2 aromatic heterocycles. The molecule has 0 aliphatic carbocycles. The van der Waals surface area contributed by atoms with Crippen molar-refractivity contribution in [2.45, 2.75) is 4.90 Å². The Morgan fingerprint density at radius 3 is 2.58 bits per heavy atom. The van der Waals surface area contributed by atoms with Gasteiger partial charge in [-0.05, 0) is 47.9 Å². The van der Waals surface area contributed by atoms with Crippen LogP contribution in [0.1, 0.15) is 0 Å². The van der Waals surface area contributed by atoms with Gasteiger partial charge in [0.05, 0.1) is 11.9 Å². The summed E-state index contributed by atoms with van der Waals surface area (Å²) < 4.78 is 14.1. The number of hydrogen-bond donors (Lipinski definition) is 0. The summed E-state index contributed by atoms with van der Waals surface area (Å²) in [5, 5.41) is 4.51. The van der Waals surface area contributed by atoms with Gasteiger partial charge in [-0.3, -0.25) is 4.98 Å². The van der Waals surface area contributed by atoms with Gasteiger partial charge in [0, 0.05) is 40.7 Å². The minimum Gasteiger partial charge on any atom is -0.546 e. The van der Waals surface area contributed by atoms with E-state index in [0.717, 1.165) is 44.4 Å². The van der Waals surface area contributed by atoms with E-state index in [2.05, 4.69) is 22.2 Å². The minimum atomic E-state index is -0.0766. The van der Waals surface area contributed by atoms with Crippen molar-refractivity contribution < 1.29 is 9.39 Å². The predicted molar refractivity (Wildman–Crippen MR) is 132 cm³/mol. The SMILES string of the molecule is c1cc(Oc2cccc(-n3cc(-c4cccnc4)cn3)c2)cc(B2Oc3ccccc3S2)c1. The quantitative estimate of drug-likeness (QED) is 0.328. The molecule has 0 bridgehead atoms. The molecule has 0 N–H and O–H groups in total. The summed E-state index contributed by atoms with van der Waals surface area (Å²) in [6, 6.07) is 28.0. The molecule has 5 aromatic rings. The Labute approximate surface area is 196 Å². The fraction of sp³-hybridized carbons (Fsp3) is 0. The molecule has 7 heteroatoms. The molecular weight excluding hydrogens is 429 g/mol. The zero-order chi connectivity index (χ0) is 22.0. The maximum atomic E-state index is 6.19. The zero-order valence-corrected chi connectivity index (χ0v) is 18.4. The first-order chi connectivity index (χ1) is 16.3. The lowest BCUT2D eigenvalue weighted by Crippen LogP contribution is -2.30. The molecule has 1 aliphatic rings. The van der Waals surface area contributed by atoms with E-state index in [4.69, 9.17) is 9.39 Å². The zero-order valence-electron chi connectivity index (χ0n) is 17.5. The lowest BCUT2D eigenvalue weighted by Gasteiger charge is -2.11. The molecule has 0 saturated heterocycles. The number of aromatic nitrogens is 3. The third-order valence-corrected chi connectivity index (χ3v) is 6.52. The molecular formula is C26H18BN3O2S. The highest BCUT2D eigenvalue weighted by molar-refractivity contribution is 8.26. The Balaban J connectivity index is 1.21. The van der Waals surface area contributed by atoms with Crippen molar-refractivity contribution in [1.82, 2.24) is 14.8 Å². The van der Waals surface area contributed by atoms with Crippen LogP contribution >= 0.6 is 11.6 Å². The van der Waals surface area contributed by atoms with Crippen LogP contribution in [0, 0.1) is 0 Å². The molecule has 0 spiro atoms. The number of benzene rings is 3.